The van der Waals surface area contributed by atoms with Gasteiger partial charge in [0, 0.05) is 10.5 Å². The molecule has 0 aliphatic heterocycles. The number of allylic oxidation sites excluding steroid dienone is 1. The third-order valence-corrected chi connectivity index (χ3v) is 2.78. The summed E-state index contributed by atoms with van der Waals surface area (Å²) in [5.41, 5.74) is 6.90. The Kier molecular flexibility index (Phi) is 6.65. The van der Waals surface area contributed by atoms with Crippen molar-refractivity contribution in [3.63, 3.8) is 0 Å². The van der Waals surface area contributed by atoms with Crippen molar-refractivity contribution in [3.8, 4) is 5.75 Å². The summed E-state index contributed by atoms with van der Waals surface area (Å²) >= 11 is 3.41. The second kappa shape index (κ2) is 6.88. The topological polar surface area (TPSA) is 46.2 Å². The summed E-state index contributed by atoms with van der Waals surface area (Å²) in [6.07, 6.45) is 3.56. The lowest BCUT2D eigenvalue weighted by Gasteiger charge is -2.13. The van der Waals surface area contributed by atoms with Crippen molar-refractivity contribution < 1.29 is 5.11 Å². The molecule has 0 unspecified atom stereocenters. The first-order valence-electron chi connectivity index (χ1n) is 4.50. The second-order valence-corrected chi connectivity index (χ2v) is 4.03. The average Bonchev–Trinajstić information content (AvgIpc) is 2.18. The highest BCUT2D eigenvalue weighted by Crippen LogP contribution is 2.28. The first kappa shape index (κ1) is 14.5. The zero-order valence-electron chi connectivity index (χ0n) is 8.32. The van der Waals surface area contributed by atoms with Gasteiger partial charge in [-0.3, -0.25) is 0 Å². The average molecular weight is 293 g/mol. The maximum atomic E-state index is 9.32. The Labute approximate surface area is 105 Å². The van der Waals surface area contributed by atoms with Crippen LogP contribution in [-0.2, 0) is 0 Å². The molecule has 0 amide bonds. The largest absolute Gasteiger partial charge is 0.508 e. The minimum absolute atomic E-state index is 0. The minimum Gasteiger partial charge on any atom is -0.508 e. The van der Waals surface area contributed by atoms with Crippen LogP contribution < -0.4 is 5.73 Å². The second-order valence-electron chi connectivity index (χ2n) is 3.18. The zero-order chi connectivity index (χ0) is 10.6. The highest BCUT2D eigenvalue weighted by atomic mass is 79.9. The van der Waals surface area contributed by atoms with E-state index in [1.54, 1.807) is 18.2 Å². The molecule has 0 radical (unpaired) electrons. The van der Waals surface area contributed by atoms with Crippen LogP contribution in [0.4, 0.5) is 0 Å². The maximum Gasteiger partial charge on any atom is 0.115 e. The van der Waals surface area contributed by atoms with Gasteiger partial charge >= 0.3 is 0 Å². The van der Waals surface area contributed by atoms with Crippen LogP contribution >= 0.6 is 28.3 Å². The van der Waals surface area contributed by atoms with Gasteiger partial charge in [0.1, 0.15) is 5.75 Å². The molecule has 0 spiro atoms. The summed E-state index contributed by atoms with van der Waals surface area (Å²) in [5.74, 6) is 0.247. The number of benzene rings is 1. The Hall–Kier alpha value is -0.510. The smallest absolute Gasteiger partial charge is 0.115 e. The Bertz CT molecular complexity index is 330. The highest BCUT2D eigenvalue weighted by Gasteiger charge is 2.09. The third-order valence-electron chi connectivity index (χ3n) is 2.06. The molecule has 0 aliphatic rings. The molecule has 0 fully saturated rings. The Morgan fingerprint density at radius 3 is 2.80 bits per heavy atom. The lowest BCUT2D eigenvalue weighted by atomic mass is 10.0. The van der Waals surface area contributed by atoms with Crippen molar-refractivity contribution in [2.75, 3.05) is 0 Å². The van der Waals surface area contributed by atoms with E-state index in [1.165, 1.54) is 0 Å². The molecule has 0 heterocycles. The number of phenols is 1. The molecule has 1 aromatic carbocycles. The van der Waals surface area contributed by atoms with E-state index >= 15 is 0 Å². The monoisotopic (exact) mass is 291 g/mol. The fraction of sp³-hybridized carbons (Fsp3) is 0.273. The molecule has 0 saturated heterocycles. The molecule has 84 valence electrons. The Morgan fingerprint density at radius 1 is 1.53 bits per heavy atom. The molecular weight excluding hydrogens is 277 g/mol. The van der Waals surface area contributed by atoms with E-state index in [0.29, 0.717) is 0 Å². The number of aromatic hydroxyl groups is 1. The molecule has 15 heavy (non-hydrogen) atoms. The van der Waals surface area contributed by atoms with Crippen molar-refractivity contribution in [1.82, 2.24) is 0 Å². The minimum atomic E-state index is -0.0607. The van der Waals surface area contributed by atoms with Gasteiger partial charge in [-0.15, -0.1) is 19.0 Å². The third kappa shape index (κ3) is 4.24. The summed E-state index contributed by atoms with van der Waals surface area (Å²) in [6, 6.07) is 5.07. The van der Waals surface area contributed by atoms with Gasteiger partial charge in [0.2, 0.25) is 0 Å². The Morgan fingerprint density at radius 2 is 2.20 bits per heavy atom. The molecule has 3 N–H and O–H groups in total. The molecule has 1 rings (SSSR count). The predicted octanol–water partition coefficient (Wildman–Crippen LogP) is 3.54. The Balaban J connectivity index is 0.00000196. The van der Waals surface area contributed by atoms with Crippen molar-refractivity contribution in [1.29, 1.82) is 0 Å². The number of phenolic OH excluding ortho intramolecular Hbond substituents is 1. The van der Waals surface area contributed by atoms with Gasteiger partial charge in [-0.2, -0.15) is 0 Å². The van der Waals surface area contributed by atoms with Crippen LogP contribution in [0.15, 0.2) is 35.3 Å². The van der Waals surface area contributed by atoms with E-state index in [1.807, 2.05) is 6.08 Å². The summed E-state index contributed by atoms with van der Waals surface area (Å²) in [6.45, 7) is 3.65. The van der Waals surface area contributed by atoms with Crippen molar-refractivity contribution in [3.05, 3.63) is 40.9 Å². The van der Waals surface area contributed by atoms with E-state index in [2.05, 4.69) is 22.5 Å². The van der Waals surface area contributed by atoms with Gasteiger partial charge in [0.05, 0.1) is 0 Å². The van der Waals surface area contributed by atoms with Crippen molar-refractivity contribution in [2.45, 2.75) is 18.9 Å². The van der Waals surface area contributed by atoms with Crippen LogP contribution in [-0.4, -0.2) is 5.11 Å². The van der Waals surface area contributed by atoms with Gasteiger partial charge in [-0.05, 0) is 36.6 Å². The molecule has 0 aliphatic carbocycles. The molecule has 0 bridgehead atoms. The molecule has 0 saturated carbocycles. The fourth-order valence-electron chi connectivity index (χ4n) is 1.27. The normalized spacial score (nSPS) is 11.6. The van der Waals surface area contributed by atoms with Crippen molar-refractivity contribution in [2.24, 2.45) is 5.73 Å². The van der Waals surface area contributed by atoms with Gasteiger partial charge in [-0.1, -0.05) is 22.0 Å². The van der Waals surface area contributed by atoms with Crippen LogP contribution in [0.25, 0.3) is 0 Å². The molecule has 1 aromatic rings. The number of hydrogen-bond acceptors (Lipinski definition) is 2. The SMILES string of the molecule is C=CCC[C@@H](N)c1cc(O)ccc1Br.Cl. The van der Waals surface area contributed by atoms with Crippen LogP contribution in [0.3, 0.4) is 0 Å². The number of halogens is 2. The predicted molar refractivity (Wildman–Crippen MR) is 69.4 cm³/mol. The highest BCUT2D eigenvalue weighted by molar-refractivity contribution is 9.10. The van der Waals surface area contributed by atoms with E-state index in [-0.39, 0.29) is 24.2 Å². The lowest BCUT2D eigenvalue weighted by molar-refractivity contribution is 0.473. The number of hydrogen-bond donors (Lipinski definition) is 2. The van der Waals surface area contributed by atoms with Crippen molar-refractivity contribution >= 4 is 28.3 Å². The summed E-state index contributed by atoms with van der Waals surface area (Å²) in [7, 11) is 0. The van der Waals surface area contributed by atoms with Gasteiger partial charge in [0.25, 0.3) is 0 Å². The molecule has 1 atom stereocenters. The summed E-state index contributed by atoms with van der Waals surface area (Å²) in [5, 5.41) is 9.32. The molecule has 2 nitrogen and oxygen atoms in total. The van der Waals surface area contributed by atoms with Crippen LogP contribution in [0.5, 0.6) is 5.75 Å². The van der Waals surface area contributed by atoms with E-state index < -0.39 is 0 Å². The first-order chi connectivity index (χ1) is 6.65. The quantitative estimate of drug-likeness (QED) is 0.834. The summed E-state index contributed by atoms with van der Waals surface area (Å²) in [4.78, 5) is 0. The van der Waals surface area contributed by atoms with Crippen LogP contribution in [0.1, 0.15) is 24.4 Å². The van der Waals surface area contributed by atoms with Gasteiger partial charge in [0.15, 0.2) is 0 Å². The maximum absolute atomic E-state index is 9.32. The van der Waals surface area contributed by atoms with Crippen LogP contribution in [0, 0.1) is 0 Å². The standard InChI is InChI=1S/C11H14BrNO.ClH/c1-2-3-4-11(13)9-7-8(14)5-6-10(9)12;/h2,5-7,11,14H,1,3-4,13H2;1H/t11-;/m1./s1. The molecule has 0 aromatic heterocycles. The lowest BCUT2D eigenvalue weighted by Crippen LogP contribution is -2.10. The van der Waals surface area contributed by atoms with E-state index in [9.17, 15) is 5.11 Å². The first-order valence-corrected chi connectivity index (χ1v) is 5.29. The van der Waals surface area contributed by atoms with E-state index in [0.717, 1.165) is 22.9 Å². The van der Waals surface area contributed by atoms with Gasteiger partial charge < -0.3 is 10.8 Å². The summed E-state index contributed by atoms with van der Waals surface area (Å²) < 4.78 is 0.937. The van der Waals surface area contributed by atoms with Gasteiger partial charge in [-0.25, -0.2) is 0 Å². The van der Waals surface area contributed by atoms with E-state index in [4.69, 9.17) is 5.73 Å². The van der Waals surface area contributed by atoms with Crippen LogP contribution in [0.2, 0.25) is 0 Å². The zero-order valence-corrected chi connectivity index (χ0v) is 10.7. The fourth-order valence-corrected chi connectivity index (χ4v) is 1.81. The number of rotatable bonds is 4. The molecule has 4 heteroatoms. The molecular formula is C11H15BrClNO. The number of nitrogens with two attached hydrogens (primary N) is 1.